The van der Waals surface area contributed by atoms with E-state index in [1.807, 2.05) is 31.2 Å². The highest BCUT2D eigenvalue weighted by atomic mass is 16.3. The molecule has 1 aliphatic rings. The number of carbonyl (C=O) groups is 1. The summed E-state index contributed by atoms with van der Waals surface area (Å²) in [6.07, 6.45) is 1.36. The highest BCUT2D eigenvalue weighted by molar-refractivity contribution is 6.30. The SMILES string of the molecule is Cc1ccc(NN=CC2=C(O)c3ccccc3C2=O)cc1. The van der Waals surface area contributed by atoms with Crippen LogP contribution in [0.5, 0.6) is 0 Å². The van der Waals surface area contributed by atoms with Crippen molar-refractivity contribution >= 4 is 23.4 Å². The molecule has 104 valence electrons. The van der Waals surface area contributed by atoms with Gasteiger partial charge in [0, 0.05) is 11.1 Å². The molecule has 0 aliphatic heterocycles. The highest BCUT2D eigenvalue weighted by Crippen LogP contribution is 2.29. The number of allylic oxidation sites excluding steroid dienone is 1. The molecule has 1 aliphatic carbocycles. The minimum atomic E-state index is -0.211. The Morgan fingerprint density at radius 3 is 2.38 bits per heavy atom. The van der Waals surface area contributed by atoms with E-state index in [-0.39, 0.29) is 17.1 Å². The molecule has 3 rings (SSSR count). The number of nitrogens with one attached hydrogen (secondary N) is 1. The molecule has 0 unspecified atom stereocenters. The van der Waals surface area contributed by atoms with Crippen molar-refractivity contribution in [3.8, 4) is 0 Å². The number of benzene rings is 2. The van der Waals surface area contributed by atoms with Crippen LogP contribution in [0.2, 0.25) is 0 Å². The summed E-state index contributed by atoms with van der Waals surface area (Å²) < 4.78 is 0. The van der Waals surface area contributed by atoms with Crippen molar-refractivity contribution in [2.24, 2.45) is 5.10 Å². The molecule has 0 heterocycles. The van der Waals surface area contributed by atoms with Gasteiger partial charge in [-0.25, -0.2) is 0 Å². The molecule has 4 heteroatoms. The molecular formula is C17H14N2O2. The van der Waals surface area contributed by atoms with E-state index < -0.39 is 0 Å². The number of anilines is 1. The number of aliphatic hydroxyl groups is 1. The van der Waals surface area contributed by atoms with Crippen molar-refractivity contribution < 1.29 is 9.90 Å². The van der Waals surface area contributed by atoms with Crippen molar-refractivity contribution in [2.45, 2.75) is 6.92 Å². The molecule has 0 radical (unpaired) electrons. The van der Waals surface area contributed by atoms with Gasteiger partial charge in [0.15, 0.2) is 5.78 Å². The fourth-order valence-electron chi connectivity index (χ4n) is 2.20. The maximum absolute atomic E-state index is 12.2. The van der Waals surface area contributed by atoms with Gasteiger partial charge in [0.05, 0.1) is 17.5 Å². The van der Waals surface area contributed by atoms with Gasteiger partial charge in [-0.2, -0.15) is 5.10 Å². The van der Waals surface area contributed by atoms with Crippen molar-refractivity contribution in [2.75, 3.05) is 5.43 Å². The molecule has 0 spiro atoms. The lowest BCUT2D eigenvalue weighted by atomic mass is 10.1. The number of ketones is 1. The Balaban J connectivity index is 1.80. The first-order chi connectivity index (χ1) is 10.2. The first-order valence-electron chi connectivity index (χ1n) is 6.60. The zero-order chi connectivity index (χ0) is 14.8. The Morgan fingerprint density at radius 2 is 1.71 bits per heavy atom. The molecule has 2 aromatic rings. The zero-order valence-corrected chi connectivity index (χ0v) is 11.5. The van der Waals surface area contributed by atoms with Gasteiger partial charge in [0.25, 0.3) is 0 Å². The average molecular weight is 278 g/mol. The molecule has 0 fully saturated rings. The summed E-state index contributed by atoms with van der Waals surface area (Å²) in [7, 11) is 0. The number of rotatable bonds is 3. The number of aliphatic hydroxyl groups excluding tert-OH is 1. The number of carbonyl (C=O) groups excluding carboxylic acids is 1. The number of hydrazone groups is 1. The number of aryl methyl sites for hydroxylation is 1. The van der Waals surface area contributed by atoms with Crippen LogP contribution in [0.3, 0.4) is 0 Å². The van der Waals surface area contributed by atoms with Crippen LogP contribution in [0.15, 0.2) is 59.2 Å². The van der Waals surface area contributed by atoms with Gasteiger partial charge in [0.1, 0.15) is 5.76 Å². The molecule has 2 N–H and O–H groups in total. The Morgan fingerprint density at radius 1 is 1.05 bits per heavy atom. The van der Waals surface area contributed by atoms with Gasteiger partial charge in [-0.3, -0.25) is 10.2 Å². The van der Waals surface area contributed by atoms with E-state index in [2.05, 4.69) is 10.5 Å². The smallest absolute Gasteiger partial charge is 0.199 e. The van der Waals surface area contributed by atoms with Crippen molar-refractivity contribution in [3.63, 3.8) is 0 Å². The molecule has 21 heavy (non-hydrogen) atoms. The molecule has 0 bridgehead atoms. The van der Waals surface area contributed by atoms with Gasteiger partial charge < -0.3 is 5.11 Å². The topological polar surface area (TPSA) is 61.7 Å². The lowest BCUT2D eigenvalue weighted by Gasteiger charge is -2.00. The Hall–Kier alpha value is -2.88. The van der Waals surface area contributed by atoms with Crippen LogP contribution in [0.4, 0.5) is 5.69 Å². The molecule has 0 saturated carbocycles. The lowest BCUT2D eigenvalue weighted by molar-refractivity contribution is 0.104. The second-order valence-electron chi connectivity index (χ2n) is 4.87. The molecule has 0 saturated heterocycles. The van der Waals surface area contributed by atoms with Crippen LogP contribution in [-0.4, -0.2) is 17.1 Å². The monoisotopic (exact) mass is 278 g/mol. The van der Waals surface area contributed by atoms with E-state index in [4.69, 9.17) is 0 Å². The molecule has 0 aromatic heterocycles. The first kappa shape index (κ1) is 13.1. The van der Waals surface area contributed by atoms with Gasteiger partial charge >= 0.3 is 0 Å². The third kappa shape index (κ3) is 2.43. The third-order valence-corrected chi connectivity index (χ3v) is 3.37. The van der Waals surface area contributed by atoms with Crippen LogP contribution in [0.1, 0.15) is 21.5 Å². The standard InChI is InChI=1S/C17H14N2O2/c1-11-6-8-12(9-7-11)19-18-10-15-16(20)13-4-2-3-5-14(13)17(15)21/h2-10,19-20H,1H3. The van der Waals surface area contributed by atoms with Crippen LogP contribution in [-0.2, 0) is 0 Å². The minimum absolute atomic E-state index is 0.0231. The van der Waals surface area contributed by atoms with Crippen LogP contribution < -0.4 is 5.43 Å². The Bertz CT molecular complexity index is 759. The van der Waals surface area contributed by atoms with Crippen LogP contribution >= 0.6 is 0 Å². The average Bonchev–Trinajstić information content (AvgIpc) is 2.75. The Labute approximate surface area is 122 Å². The summed E-state index contributed by atoms with van der Waals surface area (Å²) >= 11 is 0. The summed E-state index contributed by atoms with van der Waals surface area (Å²) in [4.78, 5) is 12.2. The Kier molecular flexibility index (Phi) is 3.28. The number of fused-ring (bicyclic) bond motifs is 1. The van der Waals surface area contributed by atoms with E-state index in [9.17, 15) is 9.90 Å². The van der Waals surface area contributed by atoms with E-state index in [0.717, 1.165) is 11.3 Å². The quantitative estimate of drug-likeness (QED) is 0.666. The van der Waals surface area contributed by atoms with Crippen molar-refractivity contribution in [1.29, 1.82) is 0 Å². The first-order valence-corrected chi connectivity index (χ1v) is 6.60. The maximum Gasteiger partial charge on any atom is 0.199 e. The summed E-state index contributed by atoms with van der Waals surface area (Å²) in [5, 5.41) is 14.1. The van der Waals surface area contributed by atoms with Gasteiger partial charge in [-0.1, -0.05) is 42.0 Å². The minimum Gasteiger partial charge on any atom is -0.506 e. The summed E-state index contributed by atoms with van der Waals surface area (Å²) in [6, 6.07) is 14.7. The predicted molar refractivity (Wildman–Crippen MR) is 83.6 cm³/mol. The predicted octanol–water partition coefficient (Wildman–Crippen LogP) is 3.56. The fourth-order valence-corrected chi connectivity index (χ4v) is 2.20. The summed E-state index contributed by atoms with van der Waals surface area (Å²) in [6.45, 7) is 2.00. The van der Waals surface area contributed by atoms with Crippen LogP contribution in [0, 0.1) is 6.92 Å². The lowest BCUT2D eigenvalue weighted by Crippen LogP contribution is -2.01. The fraction of sp³-hybridized carbons (Fsp3) is 0.0588. The van der Waals surface area contributed by atoms with E-state index in [1.54, 1.807) is 24.3 Å². The molecule has 0 amide bonds. The van der Waals surface area contributed by atoms with Crippen molar-refractivity contribution in [1.82, 2.24) is 0 Å². The summed E-state index contributed by atoms with van der Waals surface area (Å²) in [5.41, 5.74) is 6.08. The summed E-state index contributed by atoms with van der Waals surface area (Å²) in [5.74, 6) is -0.234. The number of hydrogen-bond donors (Lipinski definition) is 2. The van der Waals surface area contributed by atoms with E-state index in [0.29, 0.717) is 11.1 Å². The normalized spacial score (nSPS) is 13.9. The van der Waals surface area contributed by atoms with Crippen molar-refractivity contribution in [3.05, 3.63) is 70.8 Å². The van der Waals surface area contributed by atoms with E-state index in [1.165, 1.54) is 6.21 Å². The number of nitrogens with zero attached hydrogens (tertiary/aromatic N) is 1. The van der Waals surface area contributed by atoms with Crippen LogP contribution in [0.25, 0.3) is 5.76 Å². The third-order valence-electron chi connectivity index (χ3n) is 3.37. The largest absolute Gasteiger partial charge is 0.506 e. The maximum atomic E-state index is 12.2. The molecule has 2 aromatic carbocycles. The zero-order valence-electron chi connectivity index (χ0n) is 11.5. The van der Waals surface area contributed by atoms with Gasteiger partial charge in [0.2, 0.25) is 0 Å². The second kappa shape index (κ2) is 5.25. The number of Topliss-reactive ketones (excluding diaryl/α,β-unsaturated/α-hetero) is 1. The highest BCUT2D eigenvalue weighted by Gasteiger charge is 2.27. The number of hydrogen-bond acceptors (Lipinski definition) is 4. The van der Waals surface area contributed by atoms with E-state index >= 15 is 0 Å². The molecular weight excluding hydrogens is 264 g/mol. The second-order valence-corrected chi connectivity index (χ2v) is 4.87. The van der Waals surface area contributed by atoms with Gasteiger partial charge in [-0.15, -0.1) is 0 Å². The molecule has 4 nitrogen and oxygen atoms in total. The molecule has 0 atom stereocenters. The van der Waals surface area contributed by atoms with Gasteiger partial charge in [-0.05, 0) is 19.1 Å².